The number of halogens is 1. The van der Waals surface area contributed by atoms with Crippen molar-refractivity contribution in [1.82, 2.24) is 15.6 Å². The van der Waals surface area contributed by atoms with Gasteiger partial charge in [0, 0.05) is 22.0 Å². The first-order valence-electron chi connectivity index (χ1n) is 8.55. The molecule has 1 aromatic carbocycles. The zero-order valence-corrected chi connectivity index (χ0v) is 15.9. The molecule has 1 heterocycles. The third-order valence-corrected chi connectivity index (χ3v) is 6.15. The Labute approximate surface area is 160 Å². The van der Waals surface area contributed by atoms with E-state index in [-0.39, 0.29) is 47.3 Å². The number of fused-ring (bicyclic) bond motifs is 1. The van der Waals surface area contributed by atoms with Crippen LogP contribution < -0.4 is 10.6 Å². The second kappa shape index (κ2) is 8.10. The third kappa shape index (κ3) is 4.57. The van der Waals surface area contributed by atoms with Crippen molar-refractivity contribution in [3.05, 3.63) is 40.8 Å². The Hall–Kier alpha value is -2.73. The number of hydrogen-bond donors (Lipinski definition) is 5. The highest BCUT2D eigenvalue weighted by atomic mass is 32.2. The fourth-order valence-corrected chi connectivity index (χ4v) is 4.36. The second-order valence-corrected chi connectivity index (χ2v) is 8.98. The molecule has 152 valence electrons. The quantitative estimate of drug-likeness (QED) is 0.186. The summed E-state index contributed by atoms with van der Waals surface area (Å²) in [6.45, 7) is 1.59. The van der Waals surface area contributed by atoms with Crippen LogP contribution in [-0.4, -0.2) is 54.8 Å². The summed E-state index contributed by atoms with van der Waals surface area (Å²) < 4.78 is 37.9. The average molecular weight is 412 g/mol. The molecule has 2 unspecified atom stereocenters. The molecule has 1 aliphatic rings. The number of rotatable bonds is 8. The van der Waals surface area contributed by atoms with Crippen LogP contribution in [0.3, 0.4) is 0 Å². The van der Waals surface area contributed by atoms with Crippen molar-refractivity contribution in [1.29, 1.82) is 4.78 Å². The molecule has 0 radical (unpaired) electrons. The Morgan fingerprint density at radius 3 is 3.04 bits per heavy atom. The van der Waals surface area contributed by atoms with Crippen LogP contribution in [0.1, 0.15) is 29.8 Å². The molecule has 12 heteroatoms. The minimum atomic E-state index is -2.95. The molecule has 0 amide bonds. The summed E-state index contributed by atoms with van der Waals surface area (Å²) in [7, 11) is -2.95. The highest BCUT2D eigenvalue weighted by molar-refractivity contribution is 7.92. The number of anilines is 1. The summed E-state index contributed by atoms with van der Waals surface area (Å²) in [5.74, 6) is -0.361. The molecule has 0 fully saturated rings. The standard InChI is InChI=1S/C16H21FN6O4S/c1-9(24)8-28(18,26)5-4-19-15-14(22-27-23-15)16(21-25)20-13-6-10-2-3-11(17)7-12(10)13/h2-3,7,9,13,18,24-25H,4-6,8H2,1H3,(H,19,23)(H,20,21)/t9?,13-,28?/m0/s1. The van der Waals surface area contributed by atoms with E-state index in [2.05, 4.69) is 30.7 Å². The normalized spacial score (nSPS) is 19.2. The van der Waals surface area contributed by atoms with Crippen LogP contribution in [0.25, 0.3) is 0 Å². The van der Waals surface area contributed by atoms with Gasteiger partial charge in [-0.1, -0.05) is 11.2 Å². The summed E-state index contributed by atoms with van der Waals surface area (Å²) in [6.07, 6.45) is -0.204. The minimum Gasteiger partial charge on any atom is -0.409 e. The lowest BCUT2D eigenvalue weighted by molar-refractivity contribution is 0.219. The molecule has 0 aliphatic heterocycles. The Balaban J connectivity index is 1.63. The maximum absolute atomic E-state index is 13.4. The first-order chi connectivity index (χ1) is 13.3. The monoisotopic (exact) mass is 412 g/mol. The summed E-state index contributed by atoms with van der Waals surface area (Å²) in [6, 6.07) is 4.26. The summed E-state index contributed by atoms with van der Waals surface area (Å²) in [4.78, 5) is 0. The van der Waals surface area contributed by atoms with Crippen LogP contribution in [0.2, 0.25) is 0 Å². The number of aliphatic hydroxyl groups is 1. The van der Waals surface area contributed by atoms with Gasteiger partial charge in [-0.3, -0.25) is 4.78 Å². The Kier molecular flexibility index (Phi) is 5.79. The van der Waals surface area contributed by atoms with Crippen LogP contribution in [-0.2, 0) is 16.1 Å². The Bertz CT molecular complexity index is 975. The molecule has 3 atom stereocenters. The zero-order chi connectivity index (χ0) is 20.3. The predicted molar refractivity (Wildman–Crippen MR) is 99.4 cm³/mol. The van der Waals surface area contributed by atoms with Crippen molar-refractivity contribution in [2.24, 2.45) is 5.16 Å². The van der Waals surface area contributed by atoms with Crippen molar-refractivity contribution < 1.29 is 23.5 Å². The number of aromatic nitrogens is 2. The summed E-state index contributed by atoms with van der Waals surface area (Å²) >= 11 is 0. The highest BCUT2D eigenvalue weighted by Gasteiger charge is 2.29. The van der Waals surface area contributed by atoms with Crippen LogP contribution >= 0.6 is 0 Å². The van der Waals surface area contributed by atoms with E-state index < -0.39 is 15.8 Å². The fraction of sp³-hybridized carbons (Fsp3) is 0.438. The number of nitrogens with one attached hydrogen (secondary N) is 3. The molecule has 0 saturated heterocycles. The molecule has 10 nitrogen and oxygen atoms in total. The van der Waals surface area contributed by atoms with Crippen molar-refractivity contribution in [2.75, 3.05) is 23.4 Å². The lowest BCUT2D eigenvalue weighted by Gasteiger charge is -2.31. The van der Waals surface area contributed by atoms with Gasteiger partial charge in [0.1, 0.15) is 5.82 Å². The van der Waals surface area contributed by atoms with Gasteiger partial charge in [-0.25, -0.2) is 13.2 Å². The molecule has 28 heavy (non-hydrogen) atoms. The van der Waals surface area contributed by atoms with Crippen molar-refractivity contribution in [3.8, 4) is 0 Å². The first kappa shape index (κ1) is 20.0. The van der Waals surface area contributed by atoms with E-state index in [1.807, 2.05) is 0 Å². The zero-order valence-electron chi connectivity index (χ0n) is 15.1. The molecule has 1 aromatic heterocycles. The Morgan fingerprint density at radius 1 is 1.54 bits per heavy atom. The van der Waals surface area contributed by atoms with E-state index in [0.29, 0.717) is 6.42 Å². The van der Waals surface area contributed by atoms with Crippen LogP contribution in [0, 0.1) is 10.6 Å². The molecular weight excluding hydrogens is 391 g/mol. The van der Waals surface area contributed by atoms with E-state index in [9.17, 15) is 18.9 Å². The van der Waals surface area contributed by atoms with Crippen LogP contribution in [0.15, 0.2) is 28.0 Å². The van der Waals surface area contributed by atoms with Gasteiger partial charge in [0.05, 0.1) is 17.9 Å². The van der Waals surface area contributed by atoms with E-state index >= 15 is 0 Å². The SMILES string of the molecule is CC(O)CS(=N)(=O)CCNc1nonc1/C(=N\O)N[C@H]1Cc2ccc(F)cc21. The summed E-state index contributed by atoms with van der Waals surface area (Å²) in [5, 5.41) is 35.0. The Morgan fingerprint density at radius 2 is 2.32 bits per heavy atom. The van der Waals surface area contributed by atoms with Gasteiger partial charge in [0.15, 0.2) is 11.5 Å². The van der Waals surface area contributed by atoms with Gasteiger partial charge in [-0.2, -0.15) is 0 Å². The number of hydrogen-bond acceptors (Lipinski definition) is 9. The largest absolute Gasteiger partial charge is 0.409 e. The van der Waals surface area contributed by atoms with Gasteiger partial charge in [-0.05, 0) is 46.9 Å². The van der Waals surface area contributed by atoms with Crippen LogP contribution in [0.4, 0.5) is 10.2 Å². The fourth-order valence-electron chi connectivity index (χ4n) is 2.98. The smallest absolute Gasteiger partial charge is 0.202 e. The maximum atomic E-state index is 13.4. The second-order valence-electron chi connectivity index (χ2n) is 6.61. The number of aliphatic hydroxyl groups excluding tert-OH is 1. The van der Waals surface area contributed by atoms with Gasteiger partial charge in [0.25, 0.3) is 0 Å². The lowest BCUT2D eigenvalue weighted by Crippen LogP contribution is -2.37. The van der Waals surface area contributed by atoms with Gasteiger partial charge in [-0.15, -0.1) is 0 Å². The molecule has 5 N–H and O–H groups in total. The van der Waals surface area contributed by atoms with E-state index in [1.165, 1.54) is 19.1 Å². The third-order valence-electron chi connectivity index (χ3n) is 4.27. The maximum Gasteiger partial charge on any atom is 0.202 e. The van der Waals surface area contributed by atoms with E-state index in [0.717, 1.165) is 11.1 Å². The van der Waals surface area contributed by atoms with Gasteiger partial charge >= 0.3 is 0 Å². The van der Waals surface area contributed by atoms with Gasteiger partial charge < -0.3 is 20.9 Å². The molecule has 0 bridgehead atoms. The number of oxime groups is 1. The molecule has 3 rings (SSSR count). The topological polar surface area (TPSA) is 157 Å². The van der Waals surface area contributed by atoms with E-state index in [4.69, 9.17) is 4.78 Å². The molecule has 1 aliphatic carbocycles. The number of amidine groups is 1. The van der Waals surface area contributed by atoms with E-state index in [1.54, 1.807) is 6.07 Å². The molecule has 2 aromatic rings. The molecule has 0 spiro atoms. The lowest BCUT2D eigenvalue weighted by atomic mass is 9.83. The van der Waals surface area contributed by atoms with Crippen molar-refractivity contribution in [2.45, 2.75) is 25.5 Å². The van der Waals surface area contributed by atoms with Crippen molar-refractivity contribution in [3.63, 3.8) is 0 Å². The highest BCUT2D eigenvalue weighted by Crippen LogP contribution is 2.33. The molecule has 0 saturated carbocycles. The number of nitrogens with zero attached hydrogens (tertiary/aromatic N) is 3. The van der Waals surface area contributed by atoms with Crippen LogP contribution in [0.5, 0.6) is 0 Å². The molecular formula is C16H21FN6O4S. The van der Waals surface area contributed by atoms with Crippen molar-refractivity contribution >= 4 is 21.4 Å². The predicted octanol–water partition coefficient (Wildman–Crippen LogP) is 1.07. The first-order valence-corrected chi connectivity index (χ1v) is 10.4. The average Bonchev–Trinajstić information content (AvgIpc) is 3.05. The van der Waals surface area contributed by atoms with Gasteiger partial charge in [0.2, 0.25) is 5.82 Å². The summed E-state index contributed by atoms with van der Waals surface area (Å²) in [5.41, 5.74) is 1.86. The number of benzene rings is 1. The minimum absolute atomic E-state index is 0.0146.